The van der Waals surface area contributed by atoms with Crippen LogP contribution in [0.5, 0.6) is 0 Å². The molecule has 3 atom stereocenters. The quantitative estimate of drug-likeness (QED) is 0.562. The Morgan fingerprint density at radius 1 is 1.31 bits per heavy atom. The first-order valence-electron chi connectivity index (χ1n) is 4.95. The van der Waals surface area contributed by atoms with Crippen LogP contribution in [-0.2, 0) is 9.59 Å². The lowest BCUT2D eigenvalue weighted by atomic mass is 9.71. The van der Waals surface area contributed by atoms with Crippen LogP contribution in [0.2, 0.25) is 0 Å². The third kappa shape index (κ3) is 1.18. The minimum absolute atomic E-state index is 0.202. The second-order valence-electron chi connectivity index (χ2n) is 4.31. The molecule has 13 heavy (non-hydrogen) atoms. The molecule has 1 saturated heterocycles. The van der Waals surface area contributed by atoms with Gasteiger partial charge in [0.05, 0.1) is 0 Å². The molecule has 3 unspecified atom stereocenters. The fourth-order valence-electron chi connectivity index (χ4n) is 2.31. The van der Waals surface area contributed by atoms with Crippen molar-refractivity contribution in [3.63, 3.8) is 0 Å². The Bertz CT molecular complexity index is 262. The summed E-state index contributed by atoms with van der Waals surface area (Å²) in [7, 11) is 0. The van der Waals surface area contributed by atoms with Crippen molar-refractivity contribution in [3.8, 4) is 0 Å². The smallest absolute Gasteiger partial charge is 0.290 e. The molecule has 2 aliphatic rings. The predicted molar refractivity (Wildman–Crippen MR) is 48.1 cm³/mol. The highest BCUT2D eigenvalue weighted by Crippen LogP contribution is 2.38. The average Bonchev–Trinajstić information content (AvgIpc) is 2.44. The van der Waals surface area contributed by atoms with E-state index in [0.717, 1.165) is 6.42 Å². The summed E-state index contributed by atoms with van der Waals surface area (Å²) in [6, 6.07) is 0.342. The van der Waals surface area contributed by atoms with Gasteiger partial charge in [-0.05, 0) is 18.3 Å². The summed E-state index contributed by atoms with van der Waals surface area (Å²) in [5.74, 6) is 0.818. The standard InChI is InChI=1S/C10H15NO2/c1-6-5-8(7(6)2)11-4-3-9(12)10(11)13/h6-8H,3-5H2,1-2H3. The van der Waals surface area contributed by atoms with Crippen LogP contribution in [0, 0.1) is 11.8 Å². The third-order valence-corrected chi connectivity index (χ3v) is 3.60. The molecular weight excluding hydrogens is 166 g/mol. The largest absolute Gasteiger partial charge is 0.332 e. The van der Waals surface area contributed by atoms with E-state index in [1.165, 1.54) is 0 Å². The summed E-state index contributed by atoms with van der Waals surface area (Å²) in [4.78, 5) is 24.2. The summed E-state index contributed by atoms with van der Waals surface area (Å²) < 4.78 is 0. The highest BCUT2D eigenvalue weighted by atomic mass is 16.2. The summed E-state index contributed by atoms with van der Waals surface area (Å²) in [6.45, 7) is 5.01. The van der Waals surface area contributed by atoms with Gasteiger partial charge in [-0.25, -0.2) is 0 Å². The molecule has 0 aromatic heterocycles. The first-order valence-corrected chi connectivity index (χ1v) is 4.95. The van der Waals surface area contributed by atoms with Crippen LogP contribution in [0.25, 0.3) is 0 Å². The van der Waals surface area contributed by atoms with Gasteiger partial charge in [-0.1, -0.05) is 13.8 Å². The number of hydrogen-bond donors (Lipinski definition) is 0. The van der Waals surface area contributed by atoms with Gasteiger partial charge >= 0.3 is 0 Å². The fraction of sp³-hybridized carbons (Fsp3) is 0.800. The third-order valence-electron chi connectivity index (χ3n) is 3.60. The van der Waals surface area contributed by atoms with Gasteiger partial charge in [0.2, 0.25) is 5.78 Å². The molecule has 1 aliphatic carbocycles. The number of nitrogens with zero attached hydrogens (tertiary/aromatic N) is 1. The van der Waals surface area contributed by atoms with Crippen molar-refractivity contribution in [2.24, 2.45) is 11.8 Å². The summed E-state index contributed by atoms with van der Waals surface area (Å²) in [6.07, 6.45) is 1.50. The van der Waals surface area contributed by atoms with Gasteiger partial charge in [-0.15, -0.1) is 0 Å². The number of likely N-dealkylation sites (tertiary alicyclic amines) is 1. The SMILES string of the molecule is CC1CC(N2CCC(=O)C2=O)C1C. The molecule has 3 nitrogen and oxygen atoms in total. The van der Waals surface area contributed by atoms with Gasteiger partial charge < -0.3 is 4.90 Å². The van der Waals surface area contributed by atoms with Crippen LogP contribution in [0.4, 0.5) is 0 Å². The van der Waals surface area contributed by atoms with Crippen molar-refractivity contribution < 1.29 is 9.59 Å². The summed E-state index contributed by atoms with van der Waals surface area (Å²) >= 11 is 0. The molecule has 0 N–H and O–H groups in total. The number of rotatable bonds is 1. The van der Waals surface area contributed by atoms with Gasteiger partial charge in [0.15, 0.2) is 0 Å². The fourth-order valence-corrected chi connectivity index (χ4v) is 2.31. The molecule has 72 valence electrons. The van der Waals surface area contributed by atoms with Crippen LogP contribution in [0.1, 0.15) is 26.7 Å². The van der Waals surface area contributed by atoms with E-state index in [9.17, 15) is 9.59 Å². The van der Waals surface area contributed by atoms with Crippen LogP contribution in [-0.4, -0.2) is 29.2 Å². The zero-order chi connectivity index (χ0) is 9.59. The van der Waals surface area contributed by atoms with E-state index < -0.39 is 0 Å². The number of carbonyl (C=O) groups is 2. The van der Waals surface area contributed by atoms with E-state index in [1.807, 2.05) is 0 Å². The molecule has 1 saturated carbocycles. The van der Waals surface area contributed by atoms with Crippen LogP contribution in [0.3, 0.4) is 0 Å². The minimum Gasteiger partial charge on any atom is -0.332 e. The molecule has 0 bridgehead atoms. The Labute approximate surface area is 78.1 Å². The van der Waals surface area contributed by atoms with Crippen molar-refractivity contribution in [2.75, 3.05) is 6.54 Å². The number of amides is 1. The van der Waals surface area contributed by atoms with E-state index in [4.69, 9.17) is 0 Å². The summed E-state index contributed by atoms with van der Waals surface area (Å²) in [5.41, 5.74) is 0. The van der Waals surface area contributed by atoms with E-state index in [1.54, 1.807) is 4.90 Å². The van der Waals surface area contributed by atoms with Crippen molar-refractivity contribution in [2.45, 2.75) is 32.7 Å². The van der Waals surface area contributed by atoms with Crippen LogP contribution >= 0.6 is 0 Å². The Kier molecular flexibility index (Phi) is 1.90. The molecule has 1 heterocycles. The molecule has 3 heteroatoms. The lowest BCUT2D eigenvalue weighted by molar-refractivity contribution is -0.144. The number of ketones is 1. The maximum absolute atomic E-state index is 11.4. The molecule has 0 radical (unpaired) electrons. The van der Waals surface area contributed by atoms with E-state index in [-0.39, 0.29) is 11.7 Å². The lowest BCUT2D eigenvalue weighted by Gasteiger charge is -2.45. The first kappa shape index (κ1) is 8.73. The van der Waals surface area contributed by atoms with Crippen molar-refractivity contribution >= 4 is 11.7 Å². The molecule has 1 amide bonds. The highest BCUT2D eigenvalue weighted by Gasteiger charge is 2.44. The number of hydrogen-bond acceptors (Lipinski definition) is 2. The van der Waals surface area contributed by atoms with Gasteiger partial charge in [0.1, 0.15) is 0 Å². The van der Waals surface area contributed by atoms with Crippen LogP contribution in [0.15, 0.2) is 0 Å². The van der Waals surface area contributed by atoms with Gasteiger partial charge in [0.25, 0.3) is 5.91 Å². The van der Waals surface area contributed by atoms with Crippen molar-refractivity contribution in [1.82, 2.24) is 4.90 Å². The summed E-state index contributed by atoms with van der Waals surface area (Å²) in [5, 5.41) is 0. The zero-order valence-electron chi connectivity index (χ0n) is 8.12. The monoisotopic (exact) mass is 181 g/mol. The van der Waals surface area contributed by atoms with Crippen LogP contribution < -0.4 is 0 Å². The Morgan fingerprint density at radius 3 is 2.38 bits per heavy atom. The Morgan fingerprint density at radius 2 is 2.00 bits per heavy atom. The van der Waals surface area contributed by atoms with E-state index >= 15 is 0 Å². The van der Waals surface area contributed by atoms with Crippen molar-refractivity contribution in [1.29, 1.82) is 0 Å². The molecule has 1 aliphatic heterocycles. The minimum atomic E-state index is -0.247. The predicted octanol–water partition coefficient (Wildman–Crippen LogP) is 0.832. The molecule has 0 spiro atoms. The van der Waals surface area contributed by atoms with E-state index in [0.29, 0.717) is 30.8 Å². The number of carbonyl (C=O) groups excluding carboxylic acids is 2. The lowest BCUT2D eigenvalue weighted by Crippen LogP contribution is -2.51. The maximum atomic E-state index is 11.4. The second kappa shape index (κ2) is 2.82. The second-order valence-corrected chi connectivity index (χ2v) is 4.31. The molecule has 0 aromatic rings. The average molecular weight is 181 g/mol. The highest BCUT2D eigenvalue weighted by molar-refractivity contribution is 6.37. The van der Waals surface area contributed by atoms with E-state index in [2.05, 4.69) is 13.8 Å². The van der Waals surface area contributed by atoms with Gasteiger partial charge in [-0.3, -0.25) is 9.59 Å². The molecular formula is C10H15NO2. The molecule has 0 aromatic carbocycles. The first-order chi connectivity index (χ1) is 6.11. The number of Topliss-reactive ketones (excluding diaryl/α,β-unsaturated/α-hetero) is 1. The molecule has 2 fully saturated rings. The Balaban J connectivity index is 2.03. The zero-order valence-corrected chi connectivity index (χ0v) is 8.12. The normalized spacial score (nSPS) is 39.5. The topological polar surface area (TPSA) is 37.4 Å². The van der Waals surface area contributed by atoms with Gasteiger partial charge in [0, 0.05) is 19.0 Å². The Hall–Kier alpha value is -0.860. The van der Waals surface area contributed by atoms with Gasteiger partial charge in [-0.2, -0.15) is 0 Å². The molecule has 2 rings (SSSR count). The van der Waals surface area contributed by atoms with Crippen molar-refractivity contribution in [3.05, 3.63) is 0 Å². The maximum Gasteiger partial charge on any atom is 0.290 e.